The molecule has 3 fully saturated rings. The summed E-state index contributed by atoms with van der Waals surface area (Å²) in [6.45, 7) is 11.9. The second kappa shape index (κ2) is 8.62. The van der Waals surface area contributed by atoms with Crippen LogP contribution in [-0.2, 0) is 19.0 Å². The summed E-state index contributed by atoms with van der Waals surface area (Å²) in [5, 5.41) is 12.0. The number of aliphatic hydroxyl groups is 1. The van der Waals surface area contributed by atoms with Gasteiger partial charge in [-0.3, -0.25) is 9.78 Å². The first-order valence-electron chi connectivity index (χ1n) is 13.7. The van der Waals surface area contributed by atoms with Gasteiger partial charge in [0.1, 0.15) is 28.8 Å². The predicted octanol–water partition coefficient (Wildman–Crippen LogP) is 4.41. The van der Waals surface area contributed by atoms with Crippen LogP contribution in [0.25, 0.3) is 11.3 Å². The lowest BCUT2D eigenvalue weighted by Crippen LogP contribution is -2.72. The monoisotopic (exact) mass is 539 g/mol. The Morgan fingerprint density at radius 1 is 1.18 bits per heavy atom. The molecule has 2 aliphatic carbocycles. The zero-order chi connectivity index (χ0) is 28.0. The van der Waals surface area contributed by atoms with E-state index < -0.39 is 51.9 Å². The molecule has 2 aliphatic heterocycles. The molecule has 8 atom stereocenters. The number of aliphatic hydroxyl groups excluding tert-OH is 1. The summed E-state index contributed by atoms with van der Waals surface area (Å²) in [6, 6.07) is 5.16. The van der Waals surface area contributed by atoms with Gasteiger partial charge in [-0.05, 0) is 63.5 Å². The normalized spacial score (nSPS) is 40.2. The van der Waals surface area contributed by atoms with Crippen LogP contribution in [0.4, 0.5) is 0 Å². The van der Waals surface area contributed by atoms with Crippen molar-refractivity contribution >= 4 is 5.97 Å². The van der Waals surface area contributed by atoms with E-state index in [9.17, 15) is 14.7 Å². The molecule has 0 amide bonds. The van der Waals surface area contributed by atoms with Crippen LogP contribution in [-0.4, -0.2) is 46.3 Å². The lowest BCUT2D eigenvalue weighted by molar-refractivity contribution is -0.358. The van der Waals surface area contributed by atoms with E-state index in [1.54, 1.807) is 30.6 Å². The molecular formula is C30H37NO8. The van der Waals surface area contributed by atoms with Crippen molar-refractivity contribution in [3.63, 3.8) is 0 Å². The average molecular weight is 540 g/mol. The number of fused-ring (bicyclic) bond motifs is 6. The Kier molecular flexibility index (Phi) is 5.85. The topological polar surface area (TPSA) is 117 Å². The van der Waals surface area contributed by atoms with Crippen LogP contribution in [0.5, 0.6) is 5.75 Å². The Hall–Kier alpha value is -2.75. The van der Waals surface area contributed by atoms with Crippen LogP contribution >= 0.6 is 0 Å². The van der Waals surface area contributed by atoms with E-state index in [0.717, 1.165) is 12.8 Å². The maximum Gasteiger partial charge on any atom is 0.345 e. The molecule has 0 radical (unpaired) electrons. The van der Waals surface area contributed by atoms with Crippen molar-refractivity contribution in [2.75, 3.05) is 6.61 Å². The highest BCUT2D eigenvalue weighted by Gasteiger charge is 2.71. The minimum Gasteiger partial charge on any atom is -0.482 e. The summed E-state index contributed by atoms with van der Waals surface area (Å²) in [5.41, 5.74) is -1.91. The van der Waals surface area contributed by atoms with E-state index in [4.69, 9.17) is 23.4 Å². The Labute approximate surface area is 227 Å². The number of pyridine rings is 1. The quantitative estimate of drug-likeness (QED) is 0.554. The maximum absolute atomic E-state index is 13.4. The lowest BCUT2D eigenvalue weighted by atomic mass is 9.42. The van der Waals surface area contributed by atoms with E-state index in [-0.39, 0.29) is 29.1 Å². The van der Waals surface area contributed by atoms with Gasteiger partial charge in [-0.25, -0.2) is 4.79 Å². The van der Waals surface area contributed by atoms with Gasteiger partial charge in [-0.15, -0.1) is 0 Å². The molecule has 0 unspecified atom stereocenters. The molecule has 210 valence electrons. The van der Waals surface area contributed by atoms with E-state index in [1.165, 1.54) is 6.92 Å². The number of hydrogen-bond donors (Lipinski definition) is 1. The molecule has 4 heterocycles. The van der Waals surface area contributed by atoms with Crippen molar-refractivity contribution in [2.45, 2.75) is 90.5 Å². The van der Waals surface area contributed by atoms with Crippen molar-refractivity contribution < 1.29 is 33.3 Å². The highest BCUT2D eigenvalue weighted by atomic mass is 16.7. The summed E-state index contributed by atoms with van der Waals surface area (Å²) < 4.78 is 30.9. The van der Waals surface area contributed by atoms with Crippen molar-refractivity contribution in [3.05, 3.63) is 46.6 Å². The standard InChI is InChI=1S/C30H37NO8/c1-16(32)36-22-13-20-28(4,10-9-21-29(20,5)15-35-27(2,3)39-21)25-24(33)23-19(38-30(22,25)6)12-18(37-26(23)34)17-8-7-11-31-14-17/h7-8,11-12,14,20-22,24-25,33H,9-10,13,15H2,1-6H3/t20-,21+,22+,24+,25-,28+,29+,30-/m1/s1. The summed E-state index contributed by atoms with van der Waals surface area (Å²) in [7, 11) is 0. The second-order valence-electron chi connectivity index (χ2n) is 12.9. The third-order valence-electron chi connectivity index (χ3n) is 9.99. The van der Waals surface area contributed by atoms with Gasteiger partial charge in [0, 0.05) is 42.3 Å². The van der Waals surface area contributed by atoms with Crippen molar-refractivity contribution in [2.24, 2.45) is 22.7 Å². The SMILES string of the molecule is CC(=O)O[C@H]1C[C@H]2[C@]3(C)COC(C)(C)O[C@H]3CC[C@]2(C)[C@H]2[C@@H](O)c3c(cc(-c4cccnc4)oc3=O)O[C@]12C. The van der Waals surface area contributed by atoms with Gasteiger partial charge in [-0.1, -0.05) is 13.8 Å². The van der Waals surface area contributed by atoms with Crippen LogP contribution < -0.4 is 10.4 Å². The van der Waals surface area contributed by atoms with Gasteiger partial charge in [0.25, 0.3) is 0 Å². The van der Waals surface area contributed by atoms with Crippen molar-refractivity contribution in [1.82, 2.24) is 4.98 Å². The van der Waals surface area contributed by atoms with Gasteiger partial charge >= 0.3 is 11.6 Å². The molecule has 2 saturated carbocycles. The van der Waals surface area contributed by atoms with E-state index >= 15 is 0 Å². The third-order valence-corrected chi connectivity index (χ3v) is 9.99. The van der Waals surface area contributed by atoms with Gasteiger partial charge < -0.3 is 28.5 Å². The molecule has 9 heteroatoms. The molecule has 6 rings (SSSR count). The van der Waals surface area contributed by atoms with E-state index in [1.807, 2.05) is 20.8 Å². The number of carbonyl (C=O) groups is 1. The smallest absolute Gasteiger partial charge is 0.345 e. The molecule has 39 heavy (non-hydrogen) atoms. The van der Waals surface area contributed by atoms with Gasteiger partial charge in [-0.2, -0.15) is 0 Å². The number of carbonyl (C=O) groups excluding carboxylic acids is 1. The fourth-order valence-electron chi connectivity index (χ4n) is 8.29. The first-order valence-corrected chi connectivity index (χ1v) is 13.7. The maximum atomic E-state index is 13.4. The largest absolute Gasteiger partial charge is 0.482 e. The van der Waals surface area contributed by atoms with Crippen LogP contribution in [0.3, 0.4) is 0 Å². The highest BCUT2D eigenvalue weighted by Crippen LogP contribution is 2.68. The summed E-state index contributed by atoms with van der Waals surface area (Å²) >= 11 is 0. The van der Waals surface area contributed by atoms with Gasteiger partial charge in [0.05, 0.1) is 18.8 Å². The number of nitrogens with zero attached hydrogens (tertiary/aromatic N) is 1. The first-order chi connectivity index (χ1) is 18.3. The van der Waals surface area contributed by atoms with Crippen LogP contribution in [0, 0.1) is 22.7 Å². The summed E-state index contributed by atoms with van der Waals surface area (Å²) in [5.74, 6) is -1.18. The minimum atomic E-state index is -1.19. The molecule has 2 aromatic rings. The molecule has 1 saturated heterocycles. The molecular weight excluding hydrogens is 502 g/mol. The molecule has 1 N–H and O–H groups in total. The van der Waals surface area contributed by atoms with Crippen LogP contribution in [0.2, 0.25) is 0 Å². The third kappa shape index (κ3) is 3.88. The second-order valence-corrected chi connectivity index (χ2v) is 12.9. The van der Waals surface area contributed by atoms with E-state index in [2.05, 4.69) is 18.8 Å². The number of hydrogen-bond acceptors (Lipinski definition) is 9. The number of rotatable bonds is 2. The number of esters is 1. The fraction of sp³-hybridized carbons (Fsp3) is 0.633. The predicted molar refractivity (Wildman–Crippen MR) is 140 cm³/mol. The Bertz CT molecular complexity index is 1360. The average Bonchev–Trinajstić information content (AvgIpc) is 2.85. The zero-order valence-electron chi connectivity index (χ0n) is 23.4. The minimum absolute atomic E-state index is 0.0382. The van der Waals surface area contributed by atoms with Crippen molar-refractivity contribution in [1.29, 1.82) is 0 Å². The van der Waals surface area contributed by atoms with Crippen LogP contribution in [0.1, 0.15) is 72.5 Å². The molecule has 9 nitrogen and oxygen atoms in total. The Morgan fingerprint density at radius 3 is 2.64 bits per heavy atom. The molecule has 4 aliphatic rings. The zero-order valence-corrected chi connectivity index (χ0v) is 23.4. The molecule has 0 aromatic carbocycles. The highest BCUT2D eigenvalue weighted by molar-refractivity contribution is 5.66. The van der Waals surface area contributed by atoms with Gasteiger partial charge in [0.2, 0.25) is 0 Å². The fourth-order valence-corrected chi connectivity index (χ4v) is 8.29. The van der Waals surface area contributed by atoms with Gasteiger partial charge in [0.15, 0.2) is 5.79 Å². The molecule has 0 bridgehead atoms. The van der Waals surface area contributed by atoms with Crippen LogP contribution in [0.15, 0.2) is 39.8 Å². The van der Waals surface area contributed by atoms with E-state index in [0.29, 0.717) is 18.6 Å². The molecule has 0 spiro atoms. The Morgan fingerprint density at radius 2 is 1.95 bits per heavy atom. The summed E-state index contributed by atoms with van der Waals surface area (Å²) in [6.07, 6.45) is 3.35. The molecule has 2 aromatic heterocycles. The summed E-state index contributed by atoms with van der Waals surface area (Å²) in [4.78, 5) is 29.9. The number of ether oxygens (including phenoxy) is 4. The van der Waals surface area contributed by atoms with Crippen molar-refractivity contribution in [3.8, 4) is 17.1 Å². The number of aromatic nitrogens is 1. The first kappa shape index (κ1) is 26.5. The Balaban J connectivity index is 1.48. The lowest BCUT2D eigenvalue weighted by Gasteiger charge is -2.68.